The Morgan fingerprint density at radius 2 is 1.71 bits per heavy atom. The molecular formula is C22H20FN3O2. The molecule has 142 valence electrons. The second kappa shape index (κ2) is 7.78. The number of fused-ring (bicyclic) bond motifs is 1. The number of ether oxygens (including phenoxy) is 1. The maximum Gasteiger partial charge on any atom is 0.241 e. The van der Waals surface area contributed by atoms with Gasteiger partial charge in [-0.3, -0.25) is 4.90 Å². The third kappa shape index (κ3) is 4.02. The van der Waals surface area contributed by atoms with Crippen LogP contribution in [0.3, 0.4) is 0 Å². The van der Waals surface area contributed by atoms with Crippen molar-refractivity contribution in [3.63, 3.8) is 0 Å². The molecule has 4 aromatic rings. The number of hydrogen-bond acceptors (Lipinski definition) is 5. The summed E-state index contributed by atoms with van der Waals surface area (Å²) >= 11 is 0. The van der Waals surface area contributed by atoms with Crippen LogP contribution in [0.15, 0.2) is 65.2 Å². The molecule has 28 heavy (non-hydrogen) atoms. The Kier molecular flexibility index (Phi) is 5.04. The van der Waals surface area contributed by atoms with Crippen LogP contribution in [0.4, 0.5) is 4.39 Å². The topological polar surface area (TPSA) is 51.4 Å². The molecule has 0 spiro atoms. The van der Waals surface area contributed by atoms with E-state index < -0.39 is 0 Å². The SMILES string of the molecule is COc1ccc2cc(CN(C)Cc3nc(-c4ccc(F)cc4)no3)ccc2c1. The van der Waals surface area contributed by atoms with Gasteiger partial charge in [0.25, 0.3) is 0 Å². The Morgan fingerprint density at radius 3 is 2.50 bits per heavy atom. The van der Waals surface area contributed by atoms with E-state index in [0.29, 0.717) is 18.3 Å². The highest BCUT2D eigenvalue weighted by Crippen LogP contribution is 2.23. The Hall–Kier alpha value is -3.25. The van der Waals surface area contributed by atoms with E-state index in [0.717, 1.165) is 23.2 Å². The van der Waals surface area contributed by atoms with E-state index in [2.05, 4.69) is 39.3 Å². The third-order valence-electron chi connectivity index (χ3n) is 4.54. The Morgan fingerprint density at radius 1 is 0.964 bits per heavy atom. The van der Waals surface area contributed by atoms with Crippen LogP contribution in [0.1, 0.15) is 11.5 Å². The Labute approximate surface area is 162 Å². The van der Waals surface area contributed by atoms with Crippen molar-refractivity contribution in [2.45, 2.75) is 13.1 Å². The zero-order valence-corrected chi connectivity index (χ0v) is 15.7. The molecule has 1 aromatic heterocycles. The van der Waals surface area contributed by atoms with Gasteiger partial charge < -0.3 is 9.26 Å². The molecule has 0 aliphatic carbocycles. The van der Waals surface area contributed by atoms with Crippen LogP contribution in [-0.4, -0.2) is 29.2 Å². The lowest BCUT2D eigenvalue weighted by Crippen LogP contribution is -2.17. The van der Waals surface area contributed by atoms with Crippen LogP contribution in [0.25, 0.3) is 22.2 Å². The van der Waals surface area contributed by atoms with E-state index in [-0.39, 0.29) is 5.82 Å². The molecule has 4 rings (SSSR count). The number of aromatic nitrogens is 2. The second-order valence-electron chi connectivity index (χ2n) is 6.74. The summed E-state index contributed by atoms with van der Waals surface area (Å²) in [6.07, 6.45) is 0. The third-order valence-corrected chi connectivity index (χ3v) is 4.54. The van der Waals surface area contributed by atoms with Gasteiger partial charge in [-0.1, -0.05) is 23.4 Å². The summed E-state index contributed by atoms with van der Waals surface area (Å²) in [4.78, 5) is 6.51. The number of halogens is 1. The summed E-state index contributed by atoms with van der Waals surface area (Å²) in [6, 6.07) is 18.5. The standard InChI is InChI=1S/C22H20FN3O2/c1-26(13-15-3-4-18-12-20(27-2)10-7-17(18)11-15)14-21-24-22(25-28-21)16-5-8-19(23)9-6-16/h3-12H,13-14H2,1-2H3. The van der Waals surface area contributed by atoms with Crippen molar-refractivity contribution in [1.82, 2.24) is 15.0 Å². The maximum absolute atomic E-state index is 13.0. The first-order valence-electron chi connectivity index (χ1n) is 8.94. The highest BCUT2D eigenvalue weighted by Gasteiger charge is 2.11. The monoisotopic (exact) mass is 377 g/mol. The normalized spacial score (nSPS) is 11.3. The predicted molar refractivity (Wildman–Crippen MR) is 105 cm³/mol. The van der Waals surface area contributed by atoms with Gasteiger partial charge in [0.15, 0.2) is 0 Å². The number of benzene rings is 3. The number of nitrogens with zero attached hydrogens (tertiary/aromatic N) is 3. The first-order chi connectivity index (χ1) is 13.6. The Bertz CT molecular complexity index is 1090. The van der Waals surface area contributed by atoms with Crippen molar-refractivity contribution in [3.05, 3.63) is 77.9 Å². The highest BCUT2D eigenvalue weighted by atomic mass is 19.1. The van der Waals surface area contributed by atoms with Gasteiger partial charge in [-0.25, -0.2) is 4.39 Å². The van der Waals surface area contributed by atoms with Gasteiger partial charge in [0.1, 0.15) is 11.6 Å². The second-order valence-corrected chi connectivity index (χ2v) is 6.74. The molecule has 0 saturated carbocycles. The van der Waals surface area contributed by atoms with Gasteiger partial charge in [0.2, 0.25) is 11.7 Å². The molecule has 6 heteroatoms. The molecule has 0 amide bonds. The lowest BCUT2D eigenvalue weighted by atomic mass is 10.1. The first kappa shape index (κ1) is 18.1. The van der Waals surface area contributed by atoms with Crippen LogP contribution < -0.4 is 4.74 Å². The van der Waals surface area contributed by atoms with E-state index in [1.807, 2.05) is 19.2 Å². The van der Waals surface area contributed by atoms with Crippen molar-refractivity contribution >= 4 is 10.8 Å². The fourth-order valence-electron chi connectivity index (χ4n) is 3.13. The van der Waals surface area contributed by atoms with Crippen LogP contribution >= 0.6 is 0 Å². The molecule has 0 aliphatic rings. The van der Waals surface area contributed by atoms with Crippen molar-refractivity contribution < 1.29 is 13.7 Å². The zero-order chi connectivity index (χ0) is 19.5. The molecule has 0 N–H and O–H groups in total. The van der Waals surface area contributed by atoms with Crippen LogP contribution in [0.2, 0.25) is 0 Å². The summed E-state index contributed by atoms with van der Waals surface area (Å²) in [5.41, 5.74) is 1.92. The average Bonchev–Trinajstić information content (AvgIpc) is 3.16. The molecule has 1 heterocycles. The predicted octanol–water partition coefficient (Wildman–Crippen LogP) is 4.67. The fraction of sp³-hybridized carbons (Fsp3) is 0.182. The Balaban J connectivity index is 1.43. The van der Waals surface area contributed by atoms with Gasteiger partial charge in [-0.15, -0.1) is 0 Å². The smallest absolute Gasteiger partial charge is 0.241 e. The summed E-state index contributed by atoms with van der Waals surface area (Å²) in [7, 11) is 3.67. The zero-order valence-electron chi connectivity index (χ0n) is 15.7. The molecule has 3 aromatic carbocycles. The molecule has 0 unspecified atom stereocenters. The van der Waals surface area contributed by atoms with Gasteiger partial charge in [0.05, 0.1) is 13.7 Å². The summed E-state index contributed by atoms with van der Waals surface area (Å²) in [6.45, 7) is 1.27. The lowest BCUT2D eigenvalue weighted by molar-refractivity contribution is 0.261. The largest absolute Gasteiger partial charge is 0.497 e. The molecule has 0 saturated heterocycles. The number of hydrogen-bond donors (Lipinski definition) is 0. The highest BCUT2D eigenvalue weighted by molar-refractivity contribution is 5.84. The van der Waals surface area contributed by atoms with Crippen molar-refractivity contribution in [1.29, 1.82) is 0 Å². The quantitative estimate of drug-likeness (QED) is 0.489. The van der Waals surface area contributed by atoms with E-state index in [9.17, 15) is 4.39 Å². The lowest BCUT2D eigenvalue weighted by Gasteiger charge is -2.14. The van der Waals surface area contributed by atoms with Crippen molar-refractivity contribution in [3.8, 4) is 17.1 Å². The molecule has 0 fully saturated rings. The molecule has 5 nitrogen and oxygen atoms in total. The van der Waals surface area contributed by atoms with Crippen molar-refractivity contribution in [2.75, 3.05) is 14.2 Å². The van der Waals surface area contributed by atoms with E-state index in [1.54, 1.807) is 19.2 Å². The number of methoxy groups -OCH3 is 1. The summed E-state index contributed by atoms with van der Waals surface area (Å²) in [5, 5.41) is 6.30. The average molecular weight is 377 g/mol. The van der Waals surface area contributed by atoms with E-state index >= 15 is 0 Å². The van der Waals surface area contributed by atoms with E-state index in [1.165, 1.54) is 23.1 Å². The molecule has 0 bridgehead atoms. The van der Waals surface area contributed by atoms with Gasteiger partial charge in [-0.2, -0.15) is 4.98 Å². The van der Waals surface area contributed by atoms with Gasteiger partial charge >= 0.3 is 0 Å². The van der Waals surface area contributed by atoms with Crippen LogP contribution in [0, 0.1) is 5.82 Å². The minimum Gasteiger partial charge on any atom is -0.497 e. The van der Waals surface area contributed by atoms with Gasteiger partial charge in [-0.05, 0) is 65.8 Å². The van der Waals surface area contributed by atoms with Crippen LogP contribution in [0.5, 0.6) is 5.75 Å². The molecule has 0 radical (unpaired) electrons. The number of rotatable bonds is 6. The van der Waals surface area contributed by atoms with E-state index in [4.69, 9.17) is 9.26 Å². The first-order valence-corrected chi connectivity index (χ1v) is 8.94. The molecule has 0 atom stereocenters. The van der Waals surface area contributed by atoms with Gasteiger partial charge in [0, 0.05) is 12.1 Å². The minimum absolute atomic E-state index is 0.291. The fourth-order valence-corrected chi connectivity index (χ4v) is 3.13. The van der Waals surface area contributed by atoms with Crippen LogP contribution in [-0.2, 0) is 13.1 Å². The summed E-state index contributed by atoms with van der Waals surface area (Å²) in [5.74, 6) is 1.54. The van der Waals surface area contributed by atoms with Crippen molar-refractivity contribution in [2.24, 2.45) is 0 Å². The maximum atomic E-state index is 13.0. The minimum atomic E-state index is -0.291. The molecule has 0 aliphatic heterocycles. The summed E-state index contributed by atoms with van der Waals surface area (Å²) < 4.78 is 23.7. The molecular weight excluding hydrogens is 357 g/mol.